The van der Waals surface area contributed by atoms with Crippen LogP contribution in [0.1, 0.15) is 25.1 Å². The van der Waals surface area contributed by atoms with Gasteiger partial charge in [0, 0.05) is 17.3 Å². The Balaban J connectivity index is 2.42. The summed E-state index contributed by atoms with van der Waals surface area (Å²) in [5, 5.41) is 11.4. The van der Waals surface area contributed by atoms with E-state index in [1.54, 1.807) is 20.0 Å². The molecular weight excluding hydrogens is 226 g/mol. The van der Waals surface area contributed by atoms with E-state index in [-0.39, 0.29) is 0 Å². The number of carboxylic acids is 1. The van der Waals surface area contributed by atoms with Crippen molar-refractivity contribution in [3.63, 3.8) is 0 Å². The fourth-order valence-corrected chi connectivity index (χ4v) is 2.06. The quantitative estimate of drug-likeness (QED) is 0.900. The molecule has 0 aliphatic rings. The molecule has 18 heavy (non-hydrogen) atoms. The number of hydrogen-bond donors (Lipinski definition) is 1. The molecule has 0 aliphatic heterocycles. The van der Waals surface area contributed by atoms with E-state index in [0.717, 1.165) is 22.0 Å². The van der Waals surface area contributed by atoms with Crippen LogP contribution in [0.15, 0.2) is 30.5 Å². The van der Waals surface area contributed by atoms with Crippen LogP contribution < -0.4 is 0 Å². The van der Waals surface area contributed by atoms with Crippen LogP contribution in [0.5, 0.6) is 0 Å². The number of aliphatic carboxylic acids is 1. The maximum absolute atomic E-state index is 11.1. The normalized spacial score (nSPS) is 11.7. The molecule has 0 saturated carbocycles. The van der Waals surface area contributed by atoms with Crippen molar-refractivity contribution in [2.24, 2.45) is 5.41 Å². The predicted octanol–water partition coefficient (Wildman–Crippen LogP) is 3.20. The average Bonchev–Trinajstić information content (AvgIpc) is 2.29. The van der Waals surface area contributed by atoms with Gasteiger partial charge in [0.25, 0.3) is 0 Å². The van der Waals surface area contributed by atoms with Gasteiger partial charge in [-0.3, -0.25) is 9.78 Å². The summed E-state index contributed by atoms with van der Waals surface area (Å²) in [6.07, 6.45) is 2.31. The number of benzene rings is 1. The molecule has 0 radical (unpaired) electrons. The Morgan fingerprint density at radius 1 is 1.33 bits per heavy atom. The molecule has 0 unspecified atom stereocenters. The van der Waals surface area contributed by atoms with Gasteiger partial charge in [-0.1, -0.05) is 12.1 Å². The Morgan fingerprint density at radius 3 is 2.72 bits per heavy atom. The molecule has 0 saturated heterocycles. The molecule has 0 bridgehead atoms. The lowest BCUT2D eigenvalue weighted by Gasteiger charge is -2.19. The molecule has 3 heteroatoms. The van der Waals surface area contributed by atoms with Crippen molar-refractivity contribution in [3.8, 4) is 0 Å². The monoisotopic (exact) mass is 243 g/mol. The summed E-state index contributed by atoms with van der Waals surface area (Å²) >= 11 is 0. The van der Waals surface area contributed by atoms with Crippen molar-refractivity contribution < 1.29 is 9.90 Å². The van der Waals surface area contributed by atoms with Gasteiger partial charge in [-0.2, -0.15) is 0 Å². The third-order valence-electron chi connectivity index (χ3n) is 3.25. The van der Waals surface area contributed by atoms with Crippen molar-refractivity contribution in [1.29, 1.82) is 0 Å². The minimum Gasteiger partial charge on any atom is -0.481 e. The van der Waals surface area contributed by atoms with E-state index in [1.807, 2.05) is 31.2 Å². The van der Waals surface area contributed by atoms with Crippen molar-refractivity contribution >= 4 is 16.7 Å². The van der Waals surface area contributed by atoms with Crippen LogP contribution in [0.3, 0.4) is 0 Å². The fourth-order valence-electron chi connectivity index (χ4n) is 2.06. The minimum absolute atomic E-state index is 0.520. The summed E-state index contributed by atoms with van der Waals surface area (Å²) in [7, 11) is 0. The third kappa shape index (κ3) is 2.35. The van der Waals surface area contributed by atoms with Crippen molar-refractivity contribution in [3.05, 3.63) is 41.7 Å². The van der Waals surface area contributed by atoms with E-state index < -0.39 is 11.4 Å². The number of carbonyl (C=O) groups is 1. The van der Waals surface area contributed by atoms with Crippen LogP contribution in [0.4, 0.5) is 0 Å². The second-order valence-electron chi connectivity index (χ2n) is 5.32. The highest BCUT2D eigenvalue weighted by Crippen LogP contribution is 2.25. The number of pyridine rings is 1. The van der Waals surface area contributed by atoms with Gasteiger partial charge in [0.1, 0.15) is 0 Å². The third-order valence-corrected chi connectivity index (χ3v) is 3.25. The van der Waals surface area contributed by atoms with Crippen LogP contribution in [0, 0.1) is 12.3 Å². The summed E-state index contributed by atoms with van der Waals surface area (Å²) in [4.78, 5) is 15.4. The largest absolute Gasteiger partial charge is 0.481 e. The van der Waals surface area contributed by atoms with Crippen LogP contribution in [0.2, 0.25) is 0 Å². The molecule has 1 N–H and O–H groups in total. The average molecular weight is 243 g/mol. The van der Waals surface area contributed by atoms with Gasteiger partial charge in [0.15, 0.2) is 0 Å². The number of nitrogens with zero attached hydrogens (tertiary/aromatic N) is 1. The Kier molecular flexibility index (Phi) is 3.07. The standard InChI is InChI=1S/C15H17NO2/c1-10-13-8-11(9-15(2,3)14(17)18)4-5-12(13)6-7-16-10/h4-8H,9H2,1-3H3,(H,17,18). The number of carboxylic acid groups (broad SMARTS) is 1. The first-order valence-electron chi connectivity index (χ1n) is 5.98. The summed E-state index contributed by atoms with van der Waals surface area (Å²) in [5.41, 5.74) is 1.26. The zero-order valence-electron chi connectivity index (χ0n) is 10.9. The van der Waals surface area contributed by atoms with Gasteiger partial charge in [0.2, 0.25) is 0 Å². The maximum Gasteiger partial charge on any atom is 0.309 e. The summed E-state index contributed by atoms with van der Waals surface area (Å²) in [6, 6.07) is 8.03. The number of hydrogen-bond acceptors (Lipinski definition) is 2. The molecule has 0 amide bonds. The van der Waals surface area contributed by atoms with E-state index in [1.165, 1.54) is 0 Å². The first-order valence-corrected chi connectivity index (χ1v) is 5.98. The molecule has 2 aromatic rings. The van der Waals surface area contributed by atoms with Crippen molar-refractivity contribution in [1.82, 2.24) is 4.98 Å². The maximum atomic E-state index is 11.1. The minimum atomic E-state index is -0.773. The molecule has 0 aliphatic carbocycles. The van der Waals surface area contributed by atoms with Crippen molar-refractivity contribution in [2.75, 3.05) is 0 Å². The lowest BCUT2D eigenvalue weighted by Crippen LogP contribution is -2.26. The zero-order valence-corrected chi connectivity index (χ0v) is 10.9. The molecule has 3 nitrogen and oxygen atoms in total. The predicted molar refractivity (Wildman–Crippen MR) is 71.6 cm³/mol. The number of aryl methyl sites for hydroxylation is 1. The Labute approximate surface area is 106 Å². The first kappa shape index (κ1) is 12.6. The highest BCUT2D eigenvalue weighted by molar-refractivity contribution is 5.85. The van der Waals surface area contributed by atoms with E-state index >= 15 is 0 Å². The summed E-state index contributed by atoms with van der Waals surface area (Å²) in [6.45, 7) is 5.46. The Bertz CT molecular complexity index is 602. The Hall–Kier alpha value is -1.90. The van der Waals surface area contributed by atoms with Gasteiger partial charge >= 0.3 is 5.97 Å². The molecule has 0 spiro atoms. The molecule has 94 valence electrons. The first-order chi connectivity index (χ1) is 8.40. The summed E-state index contributed by atoms with van der Waals surface area (Å²) in [5.74, 6) is -0.773. The fraction of sp³-hybridized carbons (Fsp3) is 0.333. The molecule has 1 aromatic heterocycles. The summed E-state index contributed by atoms with van der Waals surface area (Å²) < 4.78 is 0. The van der Waals surface area contributed by atoms with E-state index in [4.69, 9.17) is 5.11 Å². The van der Waals surface area contributed by atoms with Gasteiger partial charge < -0.3 is 5.11 Å². The van der Waals surface area contributed by atoms with E-state index in [2.05, 4.69) is 4.98 Å². The number of rotatable bonds is 3. The van der Waals surface area contributed by atoms with Crippen LogP contribution in [-0.2, 0) is 11.2 Å². The van der Waals surface area contributed by atoms with E-state index in [0.29, 0.717) is 6.42 Å². The smallest absolute Gasteiger partial charge is 0.309 e. The van der Waals surface area contributed by atoms with Gasteiger partial charge in [0.05, 0.1) is 5.41 Å². The second-order valence-corrected chi connectivity index (χ2v) is 5.32. The number of aromatic nitrogens is 1. The number of fused-ring (bicyclic) bond motifs is 1. The van der Waals surface area contributed by atoms with Gasteiger partial charge in [-0.15, -0.1) is 0 Å². The van der Waals surface area contributed by atoms with Crippen LogP contribution >= 0.6 is 0 Å². The molecule has 2 rings (SSSR count). The lowest BCUT2D eigenvalue weighted by atomic mass is 9.85. The molecule has 0 atom stereocenters. The molecule has 1 heterocycles. The second kappa shape index (κ2) is 4.41. The highest BCUT2D eigenvalue weighted by Gasteiger charge is 2.27. The Morgan fingerprint density at radius 2 is 2.06 bits per heavy atom. The molecular formula is C15H17NO2. The van der Waals surface area contributed by atoms with E-state index in [9.17, 15) is 4.79 Å². The molecule has 1 aromatic carbocycles. The molecule has 0 fully saturated rings. The van der Waals surface area contributed by atoms with Gasteiger partial charge in [-0.05, 0) is 50.3 Å². The lowest BCUT2D eigenvalue weighted by molar-refractivity contribution is -0.146. The van der Waals surface area contributed by atoms with Crippen LogP contribution in [-0.4, -0.2) is 16.1 Å². The SMILES string of the molecule is Cc1nccc2ccc(CC(C)(C)C(=O)O)cc12. The topological polar surface area (TPSA) is 50.2 Å². The highest BCUT2D eigenvalue weighted by atomic mass is 16.4. The van der Waals surface area contributed by atoms with Crippen molar-refractivity contribution in [2.45, 2.75) is 27.2 Å². The van der Waals surface area contributed by atoms with Gasteiger partial charge in [-0.25, -0.2) is 0 Å². The van der Waals surface area contributed by atoms with Crippen LogP contribution in [0.25, 0.3) is 10.8 Å². The zero-order chi connectivity index (χ0) is 13.3.